The molecule has 1 saturated heterocycles. The summed E-state index contributed by atoms with van der Waals surface area (Å²) in [7, 11) is 0. The van der Waals surface area contributed by atoms with Crippen molar-refractivity contribution < 1.29 is 5.11 Å². The maximum atomic E-state index is 9.20. The van der Waals surface area contributed by atoms with E-state index < -0.39 is 0 Å². The average Bonchev–Trinajstić information content (AvgIpc) is 2.74. The second-order valence-electron chi connectivity index (χ2n) is 4.48. The molecule has 15 heavy (non-hydrogen) atoms. The lowest BCUT2D eigenvalue weighted by Gasteiger charge is -2.37. The van der Waals surface area contributed by atoms with Crippen LogP contribution >= 0.6 is 11.3 Å². The summed E-state index contributed by atoms with van der Waals surface area (Å²) in [6.45, 7) is 4.74. The van der Waals surface area contributed by atoms with E-state index in [4.69, 9.17) is 0 Å². The standard InChI is InChI=1S/C12H19NOS/c1-10-4-5-11(9-14)7-13(10)8-12-3-2-6-15-12/h2-3,6,10-11,14H,4-5,7-9H2,1H3. The molecule has 0 amide bonds. The van der Waals surface area contributed by atoms with E-state index in [1.807, 2.05) is 11.3 Å². The summed E-state index contributed by atoms with van der Waals surface area (Å²) in [4.78, 5) is 3.93. The quantitative estimate of drug-likeness (QED) is 0.853. The van der Waals surface area contributed by atoms with Crippen LogP contribution in [0.25, 0.3) is 0 Å². The molecule has 0 saturated carbocycles. The van der Waals surface area contributed by atoms with Gasteiger partial charge in [-0.15, -0.1) is 11.3 Å². The molecule has 2 nitrogen and oxygen atoms in total. The first-order valence-corrected chi connectivity index (χ1v) is 6.55. The van der Waals surface area contributed by atoms with E-state index in [2.05, 4.69) is 29.3 Å². The minimum Gasteiger partial charge on any atom is -0.396 e. The molecule has 0 aromatic carbocycles. The van der Waals surface area contributed by atoms with E-state index in [1.165, 1.54) is 17.7 Å². The van der Waals surface area contributed by atoms with Gasteiger partial charge in [0.05, 0.1) is 0 Å². The third-order valence-electron chi connectivity index (χ3n) is 3.31. The molecule has 1 aromatic heterocycles. The maximum Gasteiger partial charge on any atom is 0.0471 e. The fraction of sp³-hybridized carbons (Fsp3) is 0.667. The van der Waals surface area contributed by atoms with Crippen LogP contribution in [-0.4, -0.2) is 29.2 Å². The Morgan fingerprint density at radius 1 is 1.53 bits per heavy atom. The van der Waals surface area contributed by atoms with E-state index >= 15 is 0 Å². The van der Waals surface area contributed by atoms with E-state index in [0.717, 1.165) is 13.1 Å². The highest BCUT2D eigenvalue weighted by Crippen LogP contribution is 2.24. The van der Waals surface area contributed by atoms with Crippen molar-refractivity contribution in [3.63, 3.8) is 0 Å². The Balaban J connectivity index is 1.94. The molecular formula is C12H19NOS. The van der Waals surface area contributed by atoms with Crippen molar-refractivity contribution in [2.24, 2.45) is 5.92 Å². The van der Waals surface area contributed by atoms with Crippen LogP contribution in [0.4, 0.5) is 0 Å². The molecule has 1 aliphatic rings. The lowest BCUT2D eigenvalue weighted by molar-refractivity contribution is 0.0779. The van der Waals surface area contributed by atoms with Gasteiger partial charge in [0, 0.05) is 30.6 Å². The van der Waals surface area contributed by atoms with Crippen molar-refractivity contribution in [3.05, 3.63) is 22.4 Å². The largest absolute Gasteiger partial charge is 0.396 e. The number of rotatable bonds is 3. The van der Waals surface area contributed by atoms with Crippen LogP contribution in [0, 0.1) is 5.92 Å². The fourth-order valence-corrected chi connectivity index (χ4v) is 2.96. The molecular weight excluding hydrogens is 206 g/mol. The third-order valence-corrected chi connectivity index (χ3v) is 4.17. The first-order chi connectivity index (χ1) is 7.29. The summed E-state index contributed by atoms with van der Waals surface area (Å²) in [6, 6.07) is 4.97. The lowest BCUT2D eigenvalue weighted by atomic mass is 9.94. The highest BCUT2D eigenvalue weighted by molar-refractivity contribution is 7.09. The van der Waals surface area contributed by atoms with Crippen molar-refractivity contribution in [1.29, 1.82) is 0 Å². The predicted molar refractivity (Wildman–Crippen MR) is 64.0 cm³/mol. The van der Waals surface area contributed by atoms with Crippen molar-refractivity contribution in [2.45, 2.75) is 32.4 Å². The van der Waals surface area contributed by atoms with Crippen LogP contribution < -0.4 is 0 Å². The number of nitrogens with zero attached hydrogens (tertiary/aromatic N) is 1. The Labute approximate surface area is 95.5 Å². The van der Waals surface area contributed by atoms with Crippen LogP contribution in [0.2, 0.25) is 0 Å². The number of piperidine rings is 1. The van der Waals surface area contributed by atoms with Crippen LogP contribution in [0.15, 0.2) is 17.5 Å². The summed E-state index contributed by atoms with van der Waals surface area (Å²) in [6.07, 6.45) is 2.40. The predicted octanol–water partition coefficient (Wildman–Crippen LogP) is 2.34. The zero-order chi connectivity index (χ0) is 10.7. The third kappa shape index (κ3) is 2.80. The molecule has 0 aliphatic carbocycles. The van der Waals surface area contributed by atoms with E-state index in [-0.39, 0.29) is 0 Å². The van der Waals surface area contributed by atoms with E-state index in [0.29, 0.717) is 18.6 Å². The maximum absolute atomic E-state index is 9.20. The van der Waals surface area contributed by atoms with Crippen molar-refractivity contribution in [1.82, 2.24) is 4.90 Å². The molecule has 1 fully saturated rings. The highest BCUT2D eigenvalue weighted by atomic mass is 32.1. The molecule has 2 rings (SSSR count). The van der Waals surface area contributed by atoms with Gasteiger partial charge >= 0.3 is 0 Å². The number of hydrogen-bond donors (Lipinski definition) is 1. The van der Waals surface area contributed by atoms with Crippen LogP contribution in [0.5, 0.6) is 0 Å². The second-order valence-corrected chi connectivity index (χ2v) is 5.52. The highest BCUT2D eigenvalue weighted by Gasteiger charge is 2.24. The normalized spacial score (nSPS) is 28.1. The Morgan fingerprint density at radius 2 is 2.40 bits per heavy atom. The van der Waals surface area contributed by atoms with Gasteiger partial charge in [0.15, 0.2) is 0 Å². The first-order valence-electron chi connectivity index (χ1n) is 5.67. The lowest BCUT2D eigenvalue weighted by Crippen LogP contribution is -2.42. The summed E-state index contributed by atoms with van der Waals surface area (Å²) in [5.41, 5.74) is 0. The molecule has 2 unspecified atom stereocenters. The van der Waals surface area contributed by atoms with Gasteiger partial charge in [0.2, 0.25) is 0 Å². The number of aliphatic hydroxyl groups excluding tert-OH is 1. The molecule has 2 atom stereocenters. The van der Waals surface area contributed by atoms with Crippen LogP contribution in [0.3, 0.4) is 0 Å². The Bertz CT molecular complexity index is 286. The Kier molecular flexibility index (Phi) is 3.78. The zero-order valence-electron chi connectivity index (χ0n) is 9.22. The summed E-state index contributed by atoms with van der Waals surface area (Å²) < 4.78 is 0. The van der Waals surface area contributed by atoms with Gasteiger partial charge in [-0.05, 0) is 37.1 Å². The molecule has 0 bridgehead atoms. The topological polar surface area (TPSA) is 23.5 Å². The van der Waals surface area contributed by atoms with Crippen molar-refractivity contribution in [2.75, 3.05) is 13.2 Å². The monoisotopic (exact) mass is 225 g/mol. The van der Waals surface area contributed by atoms with Gasteiger partial charge in [-0.2, -0.15) is 0 Å². The minimum absolute atomic E-state index is 0.341. The molecule has 3 heteroatoms. The number of hydrogen-bond acceptors (Lipinski definition) is 3. The van der Waals surface area contributed by atoms with Crippen molar-refractivity contribution >= 4 is 11.3 Å². The van der Waals surface area contributed by atoms with E-state index in [1.54, 1.807) is 0 Å². The SMILES string of the molecule is CC1CCC(CO)CN1Cc1cccs1. The molecule has 1 aromatic rings. The van der Waals surface area contributed by atoms with E-state index in [9.17, 15) is 5.11 Å². The molecule has 1 N–H and O–H groups in total. The zero-order valence-corrected chi connectivity index (χ0v) is 10.0. The Morgan fingerprint density at radius 3 is 3.07 bits per heavy atom. The van der Waals surface area contributed by atoms with Gasteiger partial charge in [0.25, 0.3) is 0 Å². The fourth-order valence-electron chi connectivity index (χ4n) is 2.23. The number of thiophene rings is 1. The molecule has 1 aliphatic heterocycles. The van der Waals surface area contributed by atoms with Gasteiger partial charge < -0.3 is 5.11 Å². The molecule has 0 radical (unpaired) electrons. The summed E-state index contributed by atoms with van der Waals surface area (Å²) in [5.74, 6) is 0.487. The number of aliphatic hydroxyl groups is 1. The van der Waals surface area contributed by atoms with Gasteiger partial charge in [-0.1, -0.05) is 6.07 Å². The van der Waals surface area contributed by atoms with Crippen LogP contribution in [0.1, 0.15) is 24.6 Å². The minimum atomic E-state index is 0.341. The summed E-state index contributed by atoms with van der Waals surface area (Å²) in [5, 5.41) is 11.3. The second kappa shape index (κ2) is 5.10. The molecule has 84 valence electrons. The first kappa shape index (κ1) is 11.1. The van der Waals surface area contributed by atoms with Crippen molar-refractivity contribution in [3.8, 4) is 0 Å². The number of likely N-dealkylation sites (tertiary alicyclic amines) is 1. The average molecular weight is 225 g/mol. The summed E-state index contributed by atoms with van der Waals surface area (Å²) >= 11 is 1.82. The smallest absolute Gasteiger partial charge is 0.0471 e. The molecule has 2 heterocycles. The Hall–Kier alpha value is -0.380. The van der Waals surface area contributed by atoms with Gasteiger partial charge in [-0.25, -0.2) is 0 Å². The van der Waals surface area contributed by atoms with Gasteiger partial charge in [-0.3, -0.25) is 4.90 Å². The van der Waals surface area contributed by atoms with Gasteiger partial charge in [0.1, 0.15) is 0 Å². The molecule has 0 spiro atoms. The van der Waals surface area contributed by atoms with Crippen LogP contribution in [-0.2, 0) is 6.54 Å².